The van der Waals surface area contributed by atoms with Crippen LogP contribution in [0, 0.1) is 11.3 Å². The fourth-order valence-corrected chi connectivity index (χ4v) is 2.04. The number of ketones is 1. The fraction of sp³-hybridized carbons (Fsp3) is 0.0588. The molecule has 0 fully saturated rings. The summed E-state index contributed by atoms with van der Waals surface area (Å²) in [5.41, 5.74) is 1.60. The molecular formula is C17H12ClNO3. The summed E-state index contributed by atoms with van der Waals surface area (Å²) in [5, 5.41) is 18.5. The molecule has 0 aliphatic carbocycles. The van der Waals surface area contributed by atoms with Crippen molar-refractivity contribution in [1.29, 1.82) is 5.26 Å². The summed E-state index contributed by atoms with van der Waals surface area (Å²) in [4.78, 5) is 12.0. The van der Waals surface area contributed by atoms with Gasteiger partial charge in [-0.15, -0.1) is 0 Å². The number of benzene rings is 2. The molecule has 0 amide bonds. The molecule has 0 aromatic heterocycles. The molecule has 0 bridgehead atoms. The standard InChI is InChI=1S/C17H12ClNO3/c1-22-16-9-12(8-14(18)17(16)21)4-7-15(20)13-5-2-11(10-19)3-6-13/h2-9,21H,1H3. The number of rotatable bonds is 4. The van der Waals surface area contributed by atoms with Gasteiger partial charge in [0.25, 0.3) is 0 Å². The van der Waals surface area contributed by atoms with Crippen LogP contribution in [0.1, 0.15) is 21.5 Å². The zero-order chi connectivity index (χ0) is 16.1. The number of halogens is 1. The molecule has 0 saturated heterocycles. The van der Waals surface area contributed by atoms with E-state index in [-0.39, 0.29) is 22.3 Å². The Morgan fingerprint density at radius 1 is 1.32 bits per heavy atom. The van der Waals surface area contributed by atoms with Gasteiger partial charge in [-0.05, 0) is 48.0 Å². The maximum atomic E-state index is 12.0. The Morgan fingerprint density at radius 3 is 2.59 bits per heavy atom. The van der Waals surface area contributed by atoms with Gasteiger partial charge in [-0.3, -0.25) is 4.79 Å². The lowest BCUT2D eigenvalue weighted by Crippen LogP contribution is -1.94. The molecule has 0 aliphatic rings. The Morgan fingerprint density at radius 2 is 2.00 bits per heavy atom. The van der Waals surface area contributed by atoms with Crippen LogP contribution in [0.4, 0.5) is 0 Å². The number of nitriles is 1. The van der Waals surface area contributed by atoms with E-state index >= 15 is 0 Å². The van der Waals surface area contributed by atoms with Crippen LogP contribution in [-0.4, -0.2) is 18.0 Å². The molecule has 2 rings (SSSR count). The largest absolute Gasteiger partial charge is 0.503 e. The molecule has 0 spiro atoms. The topological polar surface area (TPSA) is 70.3 Å². The number of phenols is 1. The van der Waals surface area contributed by atoms with Crippen LogP contribution < -0.4 is 4.74 Å². The molecule has 1 N–H and O–H groups in total. The van der Waals surface area contributed by atoms with Crippen LogP contribution >= 0.6 is 11.6 Å². The van der Waals surface area contributed by atoms with E-state index in [2.05, 4.69) is 0 Å². The zero-order valence-electron chi connectivity index (χ0n) is 11.7. The lowest BCUT2D eigenvalue weighted by atomic mass is 10.1. The average Bonchev–Trinajstić information content (AvgIpc) is 2.55. The van der Waals surface area contributed by atoms with E-state index in [1.54, 1.807) is 36.4 Å². The van der Waals surface area contributed by atoms with Gasteiger partial charge in [0.1, 0.15) is 0 Å². The Balaban J connectivity index is 2.22. The Labute approximate surface area is 132 Å². The number of nitrogens with zero attached hydrogens (tertiary/aromatic N) is 1. The monoisotopic (exact) mass is 313 g/mol. The van der Waals surface area contributed by atoms with Crippen molar-refractivity contribution in [1.82, 2.24) is 0 Å². The van der Waals surface area contributed by atoms with Gasteiger partial charge >= 0.3 is 0 Å². The number of hydrogen-bond donors (Lipinski definition) is 1. The number of ether oxygens (including phenoxy) is 1. The van der Waals surface area contributed by atoms with Crippen LogP contribution in [0.25, 0.3) is 6.08 Å². The highest BCUT2D eigenvalue weighted by molar-refractivity contribution is 6.32. The van der Waals surface area contributed by atoms with Gasteiger partial charge in [0.15, 0.2) is 17.3 Å². The molecule has 4 nitrogen and oxygen atoms in total. The molecule has 2 aromatic rings. The van der Waals surface area contributed by atoms with Gasteiger partial charge < -0.3 is 9.84 Å². The zero-order valence-corrected chi connectivity index (χ0v) is 12.5. The predicted molar refractivity (Wildman–Crippen MR) is 84.2 cm³/mol. The summed E-state index contributed by atoms with van der Waals surface area (Å²) in [5.74, 6) is -0.106. The van der Waals surface area contributed by atoms with Crippen LogP contribution in [0.2, 0.25) is 5.02 Å². The molecule has 22 heavy (non-hydrogen) atoms. The van der Waals surface area contributed by atoms with Crippen molar-refractivity contribution < 1.29 is 14.6 Å². The minimum absolute atomic E-state index is 0.139. The second-order valence-corrected chi connectivity index (χ2v) is 4.85. The van der Waals surface area contributed by atoms with Crippen molar-refractivity contribution in [3.05, 3.63) is 64.2 Å². The van der Waals surface area contributed by atoms with Gasteiger partial charge in [0, 0.05) is 5.56 Å². The maximum absolute atomic E-state index is 12.0. The Bertz CT molecular complexity index is 774. The smallest absolute Gasteiger partial charge is 0.185 e. The first-order valence-corrected chi connectivity index (χ1v) is 6.72. The van der Waals surface area contributed by atoms with Gasteiger partial charge in [0.05, 0.1) is 23.8 Å². The van der Waals surface area contributed by atoms with E-state index in [9.17, 15) is 9.90 Å². The van der Waals surface area contributed by atoms with E-state index in [1.165, 1.54) is 19.3 Å². The number of carbonyl (C=O) groups is 1. The number of aromatic hydroxyl groups is 1. The third-order valence-electron chi connectivity index (χ3n) is 3.00. The van der Waals surface area contributed by atoms with E-state index in [0.717, 1.165) is 0 Å². The van der Waals surface area contributed by atoms with Crippen molar-refractivity contribution in [2.75, 3.05) is 7.11 Å². The van der Waals surface area contributed by atoms with Crippen molar-refractivity contribution in [3.8, 4) is 17.6 Å². The number of carbonyl (C=O) groups excluding carboxylic acids is 1. The van der Waals surface area contributed by atoms with Crippen LogP contribution in [0.5, 0.6) is 11.5 Å². The maximum Gasteiger partial charge on any atom is 0.185 e. The predicted octanol–water partition coefficient (Wildman–Crippen LogP) is 3.82. The summed E-state index contributed by atoms with van der Waals surface area (Å²) in [6.45, 7) is 0. The van der Waals surface area contributed by atoms with E-state index in [4.69, 9.17) is 21.6 Å². The summed E-state index contributed by atoms with van der Waals surface area (Å²) in [7, 11) is 1.42. The molecular weight excluding hydrogens is 302 g/mol. The van der Waals surface area contributed by atoms with Crippen molar-refractivity contribution in [3.63, 3.8) is 0 Å². The van der Waals surface area contributed by atoms with Crippen molar-refractivity contribution in [2.45, 2.75) is 0 Å². The molecule has 0 aliphatic heterocycles. The lowest BCUT2D eigenvalue weighted by Gasteiger charge is -2.06. The van der Waals surface area contributed by atoms with Crippen molar-refractivity contribution >= 4 is 23.5 Å². The van der Waals surface area contributed by atoms with Gasteiger partial charge in [-0.25, -0.2) is 0 Å². The first kappa shape index (κ1) is 15.6. The second kappa shape index (κ2) is 6.79. The third-order valence-corrected chi connectivity index (χ3v) is 3.28. The van der Waals surface area contributed by atoms with Crippen molar-refractivity contribution in [2.24, 2.45) is 0 Å². The second-order valence-electron chi connectivity index (χ2n) is 4.44. The fourth-order valence-electron chi connectivity index (χ4n) is 1.82. The molecule has 0 heterocycles. The van der Waals surface area contributed by atoms with Crippen LogP contribution in [0.3, 0.4) is 0 Å². The Hall–Kier alpha value is -2.77. The lowest BCUT2D eigenvalue weighted by molar-refractivity contribution is 0.104. The summed E-state index contributed by atoms with van der Waals surface area (Å²) >= 11 is 5.88. The average molecular weight is 314 g/mol. The quantitative estimate of drug-likeness (QED) is 0.688. The van der Waals surface area contributed by atoms with Crippen LogP contribution in [-0.2, 0) is 0 Å². The third kappa shape index (κ3) is 3.46. The highest BCUT2D eigenvalue weighted by Crippen LogP contribution is 2.35. The highest BCUT2D eigenvalue weighted by Gasteiger charge is 2.08. The first-order valence-electron chi connectivity index (χ1n) is 6.34. The number of methoxy groups -OCH3 is 1. The molecule has 0 radical (unpaired) electrons. The summed E-state index contributed by atoms with van der Waals surface area (Å²) < 4.78 is 5.00. The molecule has 0 atom stereocenters. The SMILES string of the molecule is COc1cc(C=CC(=O)c2ccc(C#N)cc2)cc(Cl)c1O. The first-order chi connectivity index (χ1) is 10.5. The highest BCUT2D eigenvalue weighted by atomic mass is 35.5. The normalized spacial score (nSPS) is 10.4. The molecule has 2 aromatic carbocycles. The van der Waals surface area contributed by atoms with Gasteiger partial charge in [0.2, 0.25) is 0 Å². The van der Waals surface area contributed by atoms with Crippen LogP contribution in [0.15, 0.2) is 42.5 Å². The number of hydrogen-bond acceptors (Lipinski definition) is 4. The molecule has 110 valence electrons. The number of allylic oxidation sites excluding steroid dienone is 1. The number of phenolic OH excluding ortho intramolecular Hbond substituents is 1. The van der Waals surface area contributed by atoms with Gasteiger partial charge in [-0.2, -0.15) is 5.26 Å². The molecule has 0 saturated carbocycles. The van der Waals surface area contributed by atoms with E-state index in [1.807, 2.05) is 6.07 Å². The summed E-state index contributed by atoms with van der Waals surface area (Å²) in [6.07, 6.45) is 2.97. The van der Waals surface area contributed by atoms with Gasteiger partial charge in [-0.1, -0.05) is 17.7 Å². The Kier molecular flexibility index (Phi) is 4.82. The van der Waals surface area contributed by atoms with E-state index in [0.29, 0.717) is 16.7 Å². The molecule has 5 heteroatoms. The minimum Gasteiger partial charge on any atom is -0.503 e. The van der Waals surface area contributed by atoms with E-state index < -0.39 is 0 Å². The minimum atomic E-state index is -0.201. The molecule has 0 unspecified atom stereocenters. The summed E-state index contributed by atoms with van der Waals surface area (Å²) in [6, 6.07) is 11.5.